The van der Waals surface area contributed by atoms with E-state index < -0.39 is 0 Å². The van der Waals surface area contributed by atoms with Gasteiger partial charge in [0.05, 0.1) is 0 Å². The first-order valence-electron chi connectivity index (χ1n) is 5.58. The Labute approximate surface area is 114 Å². The number of aromatic hydroxyl groups is 1. The molecular formula is C14H13BrFNO. The lowest BCUT2D eigenvalue weighted by Gasteiger charge is -2.07. The summed E-state index contributed by atoms with van der Waals surface area (Å²) in [4.78, 5) is 0. The second kappa shape index (κ2) is 5.98. The molecule has 0 bridgehead atoms. The van der Waals surface area contributed by atoms with Gasteiger partial charge in [0.1, 0.15) is 11.6 Å². The van der Waals surface area contributed by atoms with Gasteiger partial charge < -0.3 is 10.4 Å². The Kier molecular flexibility index (Phi) is 4.33. The summed E-state index contributed by atoms with van der Waals surface area (Å²) in [6.07, 6.45) is 0. The third kappa shape index (κ3) is 3.55. The fourth-order valence-electron chi connectivity index (χ4n) is 1.64. The van der Waals surface area contributed by atoms with E-state index in [1.807, 2.05) is 24.3 Å². The van der Waals surface area contributed by atoms with Crippen LogP contribution in [0, 0.1) is 5.82 Å². The van der Waals surface area contributed by atoms with E-state index in [1.165, 1.54) is 18.2 Å². The average molecular weight is 310 g/mol. The molecule has 0 radical (unpaired) electrons. The van der Waals surface area contributed by atoms with Crippen molar-refractivity contribution in [1.29, 1.82) is 0 Å². The lowest BCUT2D eigenvalue weighted by Crippen LogP contribution is -2.12. The molecule has 0 aromatic heterocycles. The molecule has 2 nitrogen and oxygen atoms in total. The van der Waals surface area contributed by atoms with E-state index in [-0.39, 0.29) is 11.6 Å². The van der Waals surface area contributed by atoms with Crippen LogP contribution in [0.5, 0.6) is 5.75 Å². The molecule has 0 atom stereocenters. The highest BCUT2D eigenvalue weighted by Crippen LogP contribution is 2.17. The normalized spacial score (nSPS) is 10.6. The number of rotatable bonds is 4. The number of hydrogen-bond donors (Lipinski definition) is 2. The summed E-state index contributed by atoms with van der Waals surface area (Å²) in [5.41, 5.74) is 1.70. The van der Waals surface area contributed by atoms with Gasteiger partial charge >= 0.3 is 0 Å². The summed E-state index contributed by atoms with van der Waals surface area (Å²) in [6.45, 7) is 1.10. The van der Waals surface area contributed by atoms with Crippen LogP contribution in [0.15, 0.2) is 46.9 Å². The van der Waals surface area contributed by atoms with Gasteiger partial charge in [0.25, 0.3) is 0 Å². The van der Waals surface area contributed by atoms with Crippen LogP contribution in [-0.2, 0) is 13.1 Å². The molecule has 0 unspecified atom stereocenters. The number of hydrogen-bond acceptors (Lipinski definition) is 2. The molecule has 0 heterocycles. The predicted octanol–water partition coefficient (Wildman–Crippen LogP) is 3.58. The lowest BCUT2D eigenvalue weighted by molar-refractivity contribution is 0.461. The van der Waals surface area contributed by atoms with E-state index in [1.54, 1.807) is 0 Å². The molecule has 2 aromatic carbocycles. The summed E-state index contributed by atoms with van der Waals surface area (Å²) in [5.74, 6) is -0.229. The Morgan fingerprint density at radius 2 is 1.78 bits per heavy atom. The quantitative estimate of drug-likeness (QED) is 0.904. The summed E-state index contributed by atoms with van der Waals surface area (Å²) in [5, 5.41) is 12.7. The third-order valence-corrected chi connectivity index (χ3v) is 3.13. The van der Waals surface area contributed by atoms with E-state index in [2.05, 4.69) is 21.2 Å². The largest absolute Gasteiger partial charge is 0.508 e. The molecule has 0 aliphatic heterocycles. The zero-order valence-electron chi connectivity index (χ0n) is 9.66. The van der Waals surface area contributed by atoms with Crippen LogP contribution in [0.1, 0.15) is 11.1 Å². The van der Waals surface area contributed by atoms with Gasteiger partial charge in [-0.2, -0.15) is 0 Å². The van der Waals surface area contributed by atoms with E-state index in [0.717, 1.165) is 10.0 Å². The van der Waals surface area contributed by atoms with Gasteiger partial charge in [-0.15, -0.1) is 0 Å². The first-order valence-corrected chi connectivity index (χ1v) is 6.37. The number of phenols is 1. The standard InChI is InChI=1S/C14H13BrFNO/c15-12-3-1-10(2-4-12)8-17-9-11-7-13(16)5-6-14(11)18/h1-7,17-18H,8-9H2. The van der Waals surface area contributed by atoms with Crippen molar-refractivity contribution in [2.45, 2.75) is 13.1 Å². The molecule has 0 aliphatic rings. The SMILES string of the molecule is Oc1ccc(F)cc1CNCc1ccc(Br)cc1. The maximum Gasteiger partial charge on any atom is 0.123 e. The first-order chi connectivity index (χ1) is 8.65. The molecule has 0 aliphatic carbocycles. The maximum atomic E-state index is 13.0. The van der Waals surface area contributed by atoms with Crippen LogP contribution in [0.2, 0.25) is 0 Å². The average Bonchev–Trinajstić information content (AvgIpc) is 2.36. The summed E-state index contributed by atoms with van der Waals surface area (Å²) >= 11 is 3.37. The fraction of sp³-hybridized carbons (Fsp3) is 0.143. The van der Waals surface area contributed by atoms with Crippen molar-refractivity contribution in [1.82, 2.24) is 5.32 Å². The number of nitrogens with one attached hydrogen (secondary N) is 1. The van der Waals surface area contributed by atoms with Crippen molar-refractivity contribution in [3.63, 3.8) is 0 Å². The molecule has 94 valence electrons. The Morgan fingerprint density at radius 1 is 1.06 bits per heavy atom. The van der Waals surface area contributed by atoms with Gasteiger partial charge in [0, 0.05) is 23.1 Å². The van der Waals surface area contributed by atoms with Crippen LogP contribution in [0.3, 0.4) is 0 Å². The molecule has 0 amide bonds. The third-order valence-electron chi connectivity index (χ3n) is 2.60. The molecule has 0 fully saturated rings. The highest BCUT2D eigenvalue weighted by atomic mass is 79.9. The minimum atomic E-state index is -0.340. The summed E-state index contributed by atoms with van der Waals surface area (Å²) in [6, 6.07) is 11.9. The molecule has 0 spiro atoms. The molecule has 2 rings (SSSR count). The van der Waals surface area contributed by atoms with Crippen molar-refractivity contribution in [2.75, 3.05) is 0 Å². The van der Waals surface area contributed by atoms with E-state index in [0.29, 0.717) is 18.7 Å². The van der Waals surface area contributed by atoms with Crippen molar-refractivity contribution in [3.8, 4) is 5.75 Å². The van der Waals surface area contributed by atoms with Gasteiger partial charge in [0.15, 0.2) is 0 Å². The molecular weight excluding hydrogens is 297 g/mol. The first kappa shape index (κ1) is 13.1. The Bertz CT molecular complexity index is 528. The van der Waals surface area contributed by atoms with E-state index in [9.17, 15) is 9.50 Å². The predicted molar refractivity (Wildman–Crippen MR) is 72.8 cm³/mol. The smallest absolute Gasteiger partial charge is 0.123 e. The zero-order chi connectivity index (χ0) is 13.0. The van der Waals surface area contributed by atoms with Gasteiger partial charge in [0.2, 0.25) is 0 Å². The minimum absolute atomic E-state index is 0.111. The molecule has 0 saturated carbocycles. The molecule has 4 heteroatoms. The Balaban J connectivity index is 1.92. The number of benzene rings is 2. The van der Waals surface area contributed by atoms with Gasteiger partial charge in [-0.3, -0.25) is 0 Å². The highest BCUT2D eigenvalue weighted by molar-refractivity contribution is 9.10. The van der Waals surface area contributed by atoms with Crippen LogP contribution in [-0.4, -0.2) is 5.11 Å². The Hall–Kier alpha value is -1.39. The molecule has 18 heavy (non-hydrogen) atoms. The second-order valence-corrected chi connectivity index (χ2v) is 4.92. The van der Waals surface area contributed by atoms with E-state index >= 15 is 0 Å². The summed E-state index contributed by atoms with van der Waals surface area (Å²) in [7, 11) is 0. The summed E-state index contributed by atoms with van der Waals surface area (Å²) < 4.78 is 14.0. The van der Waals surface area contributed by atoms with Crippen LogP contribution in [0.4, 0.5) is 4.39 Å². The van der Waals surface area contributed by atoms with Crippen LogP contribution in [0.25, 0.3) is 0 Å². The van der Waals surface area contributed by atoms with Crippen LogP contribution >= 0.6 is 15.9 Å². The van der Waals surface area contributed by atoms with Crippen LogP contribution < -0.4 is 5.32 Å². The van der Waals surface area contributed by atoms with Crippen molar-refractivity contribution >= 4 is 15.9 Å². The Morgan fingerprint density at radius 3 is 2.50 bits per heavy atom. The molecule has 2 N–H and O–H groups in total. The van der Waals surface area contributed by atoms with Crippen molar-refractivity contribution < 1.29 is 9.50 Å². The van der Waals surface area contributed by atoms with Gasteiger partial charge in [-0.1, -0.05) is 28.1 Å². The topological polar surface area (TPSA) is 32.3 Å². The van der Waals surface area contributed by atoms with Crippen molar-refractivity contribution in [3.05, 3.63) is 63.9 Å². The van der Waals surface area contributed by atoms with E-state index in [4.69, 9.17) is 0 Å². The van der Waals surface area contributed by atoms with Gasteiger partial charge in [-0.05, 0) is 35.9 Å². The number of phenolic OH excluding ortho intramolecular Hbond substituents is 1. The second-order valence-electron chi connectivity index (χ2n) is 4.00. The minimum Gasteiger partial charge on any atom is -0.508 e. The molecule has 0 saturated heterocycles. The lowest BCUT2D eigenvalue weighted by atomic mass is 10.2. The number of halogens is 2. The van der Waals surface area contributed by atoms with Crippen molar-refractivity contribution in [2.24, 2.45) is 0 Å². The fourth-order valence-corrected chi connectivity index (χ4v) is 1.90. The maximum absolute atomic E-state index is 13.0. The van der Waals surface area contributed by atoms with Gasteiger partial charge in [-0.25, -0.2) is 4.39 Å². The highest BCUT2D eigenvalue weighted by Gasteiger charge is 2.02. The zero-order valence-corrected chi connectivity index (χ0v) is 11.2. The monoisotopic (exact) mass is 309 g/mol. The molecule has 2 aromatic rings.